The molecule has 0 radical (unpaired) electrons. The number of carbonyl (C=O) groups is 2. The van der Waals surface area contributed by atoms with Gasteiger partial charge in [0.25, 0.3) is 5.91 Å². The second kappa shape index (κ2) is 4.79. The van der Waals surface area contributed by atoms with Gasteiger partial charge in [-0.3, -0.25) is 14.6 Å². The summed E-state index contributed by atoms with van der Waals surface area (Å²) in [5.41, 5.74) is 0.528. The minimum Gasteiger partial charge on any atom is -0.375 e. The van der Waals surface area contributed by atoms with Gasteiger partial charge in [-0.05, 0) is 25.1 Å². The molecular formula is C16H14N2O3. The number of nitrogens with one attached hydrogen (secondary N) is 1. The van der Waals surface area contributed by atoms with Gasteiger partial charge in [-0.25, -0.2) is 0 Å². The summed E-state index contributed by atoms with van der Waals surface area (Å²) in [6.07, 6.45) is 2.72. The van der Waals surface area contributed by atoms with Gasteiger partial charge in [0, 0.05) is 29.2 Å². The Balaban J connectivity index is 1.97. The number of aryl methyl sites for hydroxylation is 1. The zero-order valence-corrected chi connectivity index (χ0v) is 11.5. The quantitative estimate of drug-likeness (QED) is 0.841. The fraction of sp³-hybridized carbons (Fsp3) is 0.188. The molecule has 0 aliphatic carbocycles. The van der Waals surface area contributed by atoms with Gasteiger partial charge < -0.3 is 10.4 Å². The van der Waals surface area contributed by atoms with Gasteiger partial charge in [-0.1, -0.05) is 17.7 Å². The zero-order valence-electron chi connectivity index (χ0n) is 11.5. The number of benzene rings is 1. The van der Waals surface area contributed by atoms with Crippen LogP contribution in [0.2, 0.25) is 0 Å². The molecule has 1 atom stereocenters. The first-order chi connectivity index (χ1) is 10.0. The molecule has 1 amide bonds. The monoisotopic (exact) mass is 282 g/mol. The third-order valence-corrected chi connectivity index (χ3v) is 3.66. The molecule has 21 heavy (non-hydrogen) atoms. The summed E-state index contributed by atoms with van der Waals surface area (Å²) >= 11 is 0. The number of nitrogens with zero attached hydrogens (tertiary/aromatic N) is 1. The molecule has 1 aromatic carbocycles. The Bertz CT molecular complexity index is 728. The minimum absolute atomic E-state index is 0.292. The maximum atomic E-state index is 12.3. The first-order valence-electron chi connectivity index (χ1n) is 6.59. The van der Waals surface area contributed by atoms with Crippen molar-refractivity contribution < 1.29 is 14.7 Å². The number of amides is 1. The van der Waals surface area contributed by atoms with Gasteiger partial charge in [0.15, 0.2) is 11.4 Å². The first kappa shape index (κ1) is 13.5. The van der Waals surface area contributed by atoms with E-state index in [4.69, 9.17) is 0 Å². The lowest BCUT2D eigenvalue weighted by Gasteiger charge is -2.20. The van der Waals surface area contributed by atoms with E-state index in [1.165, 1.54) is 12.4 Å². The number of hydrogen-bond donors (Lipinski definition) is 2. The summed E-state index contributed by atoms with van der Waals surface area (Å²) in [5.74, 6) is -0.866. The molecule has 1 aromatic heterocycles. The van der Waals surface area contributed by atoms with E-state index in [1.54, 1.807) is 24.3 Å². The molecule has 2 N–H and O–H groups in total. The second-order valence-corrected chi connectivity index (χ2v) is 5.20. The number of pyridine rings is 1. The summed E-state index contributed by atoms with van der Waals surface area (Å²) in [6.45, 7) is 1.87. The van der Waals surface area contributed by atoms with Crippen LogP contribution < -0.4 is 5.32 Å². The number of ketones is 1. The fourth-order valence-electron chi connectivity index (χ4n) is 2.51. The molecule has 2 aromatic rings. The number of aliphatic hydroxyl groups is 1. The molecule has 1 unspecified atom stereocenters. The third kappa shape index (κ3) is 2.21. The minimum atomic E-state index is -1.82. The number of carbonyl (C=O) groups excluding carboxylic acids is 2. The molecule has 5 nitrogen and oxygen atoms in total. The third-order valence-electron chi connectivity index (χ3n) is 3.66. The number of hydrogen-bond acceptors (Lipinski definition) is 4. The maximum absolute atomic E-state index is 12.3. The predicted molar refractivity (Wildman–Crippen MR) is 76.9 cm³/mol. The van der Waals surface area contributed by atoms with Crippen LogP contribution in [0.15, 0.2) is 42.7 Å². The van der Waals surface area contributed by atoms with Crippen LogP contribution in [-0.4, -0.2) is 21.8 Å². The van der Waals surface area contributed by atoms with Crippen molar-refractivity contribution in [3.63, 3.8) is 0 Å². The molecule has 3 rings (SSSR count). The van der Waals surface area contributed by atoms with Gasteiger partial charge in [0.2, 0.25) is 0 Å². The van der Waals surface area contributed by atoms with Gasteiger partial charge >= 0.3 is 0 Å². The Morgan fingerprint density at radius 1 is 1.29 bits per heavy atom. The van der Waals surface area contributed by atoms with Crippen molar-refractivity contribution in [2.24, 2.45) is 0 Å². The van der Waals surface area contributed by atoms with Crippen LogP contribution >= 0.6 is 0 Å². The van der Waals surface area contributed by atoms with E-state index < -0.39 is 11.5 Å². The molecule has 0 saturated heterocycles. The number of aromatic nitrogens is 1. The number of Topliss-reactive ketones (excluding diaryl/α,β-unsaturated/α-hetero) is 1. The van der Waals surface area contributed by atoms with E-state index >= 15 is 0 Å². The van der Waals surface area contributed by atoms with Crippen LogP contribution in [0.4, 0.5) is 5.69 Å². The van der Waals surface area contributed by atoms with E-state index in [9.17, 15) is 14.7 Å². The average Bonchev–Trinajstić information content (AvgIpc) is 2.72. The Kier molecular flexibility index (Phi) is 3.07. The lowest BCUT2D eigenvalue weighted by atomic mass is 9.87. The van der Waals surface area contributed by atoms with E-state index in [-0.39, 0.29) is 12.2 Å². The molecule has 0 fully saturated rings. The fourth-order valence-corrected chi connectivity index (χ4v) is 2.51. The maximum Gasteiger partial charge on any atom is 0.261 e. The predicted octanol–water partition coefficient (Wildman–Crippen LogP) is 1.80. The number of fused-ring (bicyclic) bond motifs is 1. The number of anilines is 1. The molecule has 0 saturated carbocycles. The van der Waals surface area contributed by atoms with Crippen LogP contribution in [0.25, 0.3) is 0 Å². The Labute approximate surface area is 121 Å². The van der Waals surface area contributed by atoms with Crippen molar-refractivity contribution in [2.45, 2.75) is 18.9 Å². The Morgan fingerprint density at radius 2 is 2.00 bits per heavy atom. The summed E-state index contributed by atoms with van der Waals surface area (Å²) in [4.78, 5) is 28.2. The van der Waals surface area contributed by atoms with Gasteiger partial charge in [-0.15, -0.1) is 0 Å². The average molecular weight is 282 g/mol. The highest BCUT2D eigenvalue weighted by Gasteiger charge is 2.46. The molecule has 106 valence electrons. The van der Waals surface area contributed by atoms with Crippen molar-refractivity contribution in [1.82, 2.24) is 4.98 Å². The second-order valence-electron chi connectivity index (χ2n) is 5.20. The lowest BCUT2D eigenvalue weighted by Crippen LogP contribution is -2.36. The van der Waals surface area contributed by atoms with Crippen molar-refractivity contribution in [2.75, 3.05) is 5.32 Å². The van der Waals surface area contributed by atoms with E-state index in [0.717, 1.165) is 5.56 Å². The molecule has 5 heteroatoms. The molecule has 0 bridgehead atoms. The van der Waals surface area contributed by atoms with Crippen molar-refractivity contribution in [1.29, 1.82) is 0 Å². The van der Waals surface area contributed by atoms with Crippen LogP contribution in [0.5, 0.6) is 0 Å². The zero-order chi connectivity index (χ0) is 15.0. The van der Waals surface area contributed by atoms with Gasteiger partial charge in [0.05, 0.1) is 6.42 Å². The largest absolute Gasteiger partial charge is 0.375 e. The Hall–Kier alpha value is -2.53. The normalized spacial score (nSPS) is 20.0. The summed E-state index contributed by atoms with van der Waals surface area (Å²) in [5, 5.41) is 13.3. The van der Waals surface area contributed by atoms with E-state index in [0.29, 0.717) is 16.8 Å². The van der Waals surface area contributed by atoms with Crippen LogP contribution in [-0.2, 0) is 10.4 Å². The van der Waals surface area contributed by atoms with Crippen molar-refractivity contribution in [3.8, 4) is 0 Å². The highest BCUT2D eigenvalue weighted by molar-refractivity contribution is 6.09. The lowest BCUT2D eigenvalue weighted by molar-refractivity contribution is -0.133. The topological polar surface area (TPSA) is 79.3 Å². The van der Waals surface area contributed by atoms with Crippen molar-refractivity contribution >= 4 is 17.4 Å². The highest BCUT2D eigenvalue weighted by Crippen LogP contribution is 2.39. The molecule has 1 aliphatic rings. The highest BCUT2D eigenvalue weighted by atomic mass is 16.3. The molecule has 0 spiro atoms. The van der Waals surface area contributed by atoms with Crippen LogP contribution in [0, 0.1) is 6.92 Å². The summed E-state index contributed by atoms with van der Waals surface area (Å²) in [7, 11) is 0. The summed E-state index contributed by atoms with van der Waals surface area (Å²) in [6, 6.07) is 8.44. The van der Waals surface area contributed by atoms with Gasteiger partial charge in [0.1, 0.15) is 0 Å². The molecular weight excluding hydrogens is 268 g/mol. The Morgan fingerprint density at radius 3 is 2.71 bits per heavy atom. The molecule has 1 aliphatic heterocycles. The summed E-state index contributed by atoms with van der Waals surface area (Å²) < 4.78 is 0. The smallest absolute Gasteiger partial charge is 0.261 e. The van der Waals surface area contributed by atoms with E-state index in [2.05, 4.69) is 10.3 Å². The standard InChI is InChI=1S/C16H14N2O3/c1-10-2-3-13-12(8-10)16(21,15(20)18-13)9-14(19)11-4-6-17-7-5-11/h2-8,21H,9H2,1H3,(H,18,20). The number of rotatable bonds is 3. The van der Waals surface area contributed by atoms with Gasteiger partial charge in [-0.2, -0.15) is 0 Å². The van der Waals surface area contributed by atoms with E-state index in [1.807, 2.05) is 13.0 Å². The molecule has 2 heterocycles. The SMILES string of the molecule is Cc1ccc2c(c1)C(O)(CC(=O)c1ccncc1)C(=O)N2. The van der Waals surface area contributed by atoms with Crippen molar-refractivity contribution in [3.05, 3.63) is 59.4 Å². The first-order valence-corrected chi connectivity index (χ1v) is 6.59. The van der Waals surface area contributed by atoms with Crippen LogP contribution in [0.3, 0.4) is 0 Å². The van der Waals surface area contributed by atoms with Crippen LogP contribution in [0.1, 0.15) is 27.9 Å².